The van der Waals surface area contributed by atoms with E-state index in [1.165, 1.54) is 32.7 Å². The van der Waals surface area contributed by atoms with Crippen LogP contribution in [0.2, 0.25) is 0 Å². The predicted molar refractivity (Wildman–Crippen MR) is 60.1 cm³/mol. The van der Waals surface area contributed by atoms with E-state index in [1.54, 1.807) is 0 Å². The van der Waals surface area contributed by atoms with Crippen molar-refractivity contribution in [1.29, 1.82) is 0 Å². The molecular weight excluding hydrogens is 212 g/mol. The van der Waals surface area contributed by atoms with Crippen molar-refractivity contribution in [2.45, 2.75) is 31.7 Å². The van der Waals surface area contributed by atoms with Gasteiger partial charge in [0.05, 0.1) is 5.75 Å². The molecule has 0 atom stereocenters. The minimum absolute atomic E-state index is 0.194. The molecule has 0 bridgehead atoms. The van der Waals surface area contributed by atoms with E-state index in [1.807, 2.05) is 0 Å². The molecule has 2 rings (SSSR count). The minimum Gasteiger partial charge on any atom is -0.312 e. The first-order valence-electron chi connectivity index (χ1n) is 5.77. The standard InChI is InChI=1S/C10H20N2O2S/c1-11-15(13,14)7-6-12-10(8-2-3-8)9-4-5-9/h8-12H,2-7H2,1H3. The lowest BCUT2D eigenvalue weighted by atomic mass is 10.1. The molecule has 4 nitrogen and oxygen atoms in total. The first kappa shape index (κ1) is 11.4. The summed E-state index contributed by atoms with van der Waals surface area (Å²) < 4.78 is 24.7. The zero-order chi connectivity index (χ0) is 10.9. The Morgan fingerprint density at radius 3 is 2.13 bits per heavy atom. The Kier molecular flexibility index (Phi) is 3.33. The lowest BCUT2D eigenvalue weighted by Crippen LogP contribution is -2.38. The lowest BCUT2D eigenvalue weighted by molar-refractivity contribution is 0.427. The number of hydrogen-bond donors (Lipinski definition) is 2. The summed E-state index contributed by atoms with van der Waals surface area (Å²) in [5, 5.41) is 3.41. The van der Waals surface area contributed by atoms with Gasteiger partial charge in [-0.15, -0.1) is 0 Å². The average molecular weight is 232 g/mol. The quantitative estimate of drug-likeness (QED) is 0.664. The van der Waals surface area contributed by atoms with Crippen molar-refractivity contribution in [3.63, 3.8) is 0 Å². The molecular formula is C10H20N2O2S. The van der Waals surface area contributed by atoms with Crippen LogP contribution in [0.5, 0.6) is 0 Å². The Balaban J connectivity index is 1.71. The van der Waals surface area contributed by atoms with Crippen molar-refractivity contribution < 1.29 is 8.42 Å². The molecule has 2 N–H and O–H groups in total. The van der Waals surface area contributed by atoms with Crippen LogP contribution in [0.25, 0.3) is 0 Å². The van der Waals surface area contributed by atoms with Crippen LogP contribution in [-0.2, 0) is 10.0 Å². The second-order valence-electron chi connectivity index (χ2n) is 4.68. The van der Waals surface area contributed by atoms with Crippen LogP contribution in [0.3, 0.4) is 0 Å². The van der Waals surface area contributed by atoms with Crippen molar-refractivity contribution in [1.82, 2.24) is 10.0 Å². The molecule has 0 aromatic heterocycles. The lowest BCUT2D eigenvalue weighted by Gasteiger charge is -2.17. The minimum atomic E-state index is -3.04. The van der Waals surface area contributed by atoms with E-state index in [0.29, 0.717) is 12.6 Å². The molecule has 15 heavy (non-hydrogen) atoms. The fourth-order valence-electron chi connectivity index (χ4n) is 2.09. The molecule has 0 aromatic carbocycles. The Morgan fingerprint density at radius 2 is 1.73 bits per heavy atom. The van der Waals surface area contributed by atoms with E-state index in [0.717, 1.165) is 11.8 Å². The van der Waals surface area contributed by atoms with E-state index in [-0.39, 0.29) is 5.75 Å². The Bertz CT molecular complexity index is 295. The third-order valence-corrected chi connectivity index (χ3v) is 4.69. The van der Waals surface area contributed by atoms with Crippen LogP contribution in [-0.4, -0.2) is 33.8 Å². The van der Waals surface area contributed by atoms with Gasteiger partial charge >= 0.3 is 0 Å². The first-order valence-corrected chi connectivity index (χ1v) is 7.42. The molecule has 2 saturated carbocycles. The molecule has 0 unspecified atom stereocenters. The molecule has 2 fully saturated rings. The highest BCUT2D eigenvalue weighted by Crippen LogP contribution is 2.44. The molecule has 88 valence electrons. The maximum Gasteiger partial charge on any atom is 0.212 e. The molecule has 0 saturated heterocycles. The third kappa shape index (κ3) is 3.43. The van der Waals surface area contributed by atoms with Crippen LogP contribution in [0, 0.1) is 11.8 Å². The zero-order valence-electron chi connectivity index (χ0n) is 9.20. The fraction of sp³-hybridized carbons (Fsp3) is 1.00. The van der Waals surface area contributed by atoms with Gasteiger partial charge in [-0.25, -0.2) is 13.1 Å². The SMILES string of the molecule is CNS(=O)(=O)CCNC(C1CC1)C1CC1. The van der Waals surface area contributed by atoms with Gasteiger partial charge in [0.1, 0.15) is 0 Å². The van der Waals surface area contributed by atoms with Gasteiger partial charge in [-0.3, -0.25) is 0 Å². The Morgan fingerprint density at radius 1 is 1.20 bits per heavy atom. The zero-order valence-corrected chi connectivity index (χ0v) is 10.0. The van der Waals surface area contributed by atoms with Crippen LogP contribution in [0.1, 0.15) is 25.7 Å². The summed E-state index contributed by atoms with van der Waals surface area (Å²) in [5.41, 5.74) is 0. The maximum absolute atomic E-state index is 11.2. The summed E-state index contributed by atoms with van der Waals surface area (Å²) in [4.78, 5) is 0. The number of hydrogen-bond acceptors (Lipinski definition) is 3. The molecule has 2 aliphatic carbocycles. The molecule has 5 heteroatoms. The molecule has 0 aliphatic heterocycles. The van der Waals surface area contributed by atoms with Crippen molar-refractivity contribution in [2.24, 2.45) is 11.8 Å². The summed E-state index contributed by atoms with van der Waals surface area (Å²) in [5.74, 6) is 1.85. The molecule has 0 aromatic rings. The maximum atomic E-state index is 11.2. The monoisotopic (exact) mass is 232 g/mol. The number of sulfonamides is 1. The molecule has 0 radical (unpaired) electrons. The first-order chi connectivity index (χ1) is 7.12. The van der Waals surface area contributed by atoms with Gasteiger partial charge in [-0.05, 0) is 44.6 Å². The van der Waals surface area contributed by atoms with Crippen molar-refractivity contribution in [2.75, 3.05) is 19.3 Å². The van der Waals surface area contributed by atoms with Crippen LogP contribution in [0.15, 0.2) is 0 Å². The Hall–Kier alpha value is -0.130. The molecule has 0 amide bonds. The molecule has 2 aliphatic rings. The summed E-state index contributed by atoms with van der Waals surface area (Å²) in [6, 6.07) is 0.594. The largest absolute Gasteiger partial charge is 0.312 e. The number of nitrogens with one attached hydrogen (secondary N) is 2. The molecule has 0 heterocycles. The number of rotatable bonds is 7. The second-order valence-corrected chi connectivity index (χ2v) is 6.72. The van der Waals surface area contributed by atoms with E-state index in [9.17, 15) is 8.42 Å². The van der Waals surface area contributed by atoms with Gasteiger partial charge in [0.25, 0.3) is 0 Å². The highest BCUT2D eigenvalue weighted by atomic mass is 32.2. The normalized spacial score (nSPS) is 22.3. The van der Waals surface area contributed by atoms with Gasteiger partial charge in [0.15, 0.2) is 0 Å². The second kappa shape index (κ2) is 4.39. The van der Waals surface area contributed by atoms with Gasteiger partial charge in [-0.1, -0.05) is 0 Å². The van der Waals surface area contributed by atoms with Crippen molar-refractivity contribution >= 4 is 10.0 Å². The van der Waals surface area contributed by atoms with E-state index < -0.39 is 10.0 Å². The highest BCUT2D eigenvalue weighted by molar-refractivity contribution is 7.89. The van der Waals surface area contributed by atoms with Crippen LogP contribution >= 0.6 is 0 Å². The third-order valence-electron chi connectivity index (χ3n) is 3.32. The smallest absolute Gasteiger partial charge is 0.212 e. The van der Waals surface area contributed by atoms with E-state index in [2.05, 4.69) is 10.0 Å². The Labute approximate surface area is 91.9 Å². The van der Waals surface area contributed by atoms with Crippen LogP contribution in [0.4, 0.5) is 0 Å². The van der Waals surface area contributed by atoms with Crippen molar-refractivity contribution in [3.05, 3.63) is 0 Å². The van der Waals surface area contributed by atoms with Crippen molar-refractivity contribution in [3.8, 4) is 0 Å². The van der Waals surface area contributed by atoms with Gasteiger partial charge in [0.2, 0.25) is 10.0 Å². The summed E-state index contributed by atoms with van der Waals surface area (Å²) in [7, 11) is -1.57. The van der Waals surface area contributed by atoms with E-state index >= 15 is 0 Å². The molecule has 0 spiro atoms. The summed E-state index contributed by atoms with van der Waals surface area (Å²) >= 11 is 0. The van der Waals surface area contributed by atoms with Gasteiger partial charge in [-0.2, -0.15) is 0 Å². The van der Waals surface area contributed by atoms with Crippen LogP contribution < -0.4 is 10.0 Å². The van der Waals surface area contributed by atoms with Gasteiger partial charge in [0, 0.05) is 12.6 Å². The summed E-state index contributed by atoms with van der Waals surface area (Å²) in [6.45, 7) is 0.584. The topological polar surface area (TPSA) is 58.2 Å². The fourth-order valence-corrected chi connectivity index (χ4v) is 2.68. The predicted octanol–water partition coefficient (Wildman–Crippen LogP) is 0.314. The highest BCUT2D eigenvalue weighted by Gasteiger charge is 2.40. The van der Waals surface area contributed by atoms with Gasteiger partial charge < -0.3 is 5.32 Å². The average Bonchev–Trinajstić information content (AvgIpc) is 3.01. The summed E-state index contributed by atoms with van der Waals surface area (Å²) in [6.07, 6.45) is 5.31. The van der Waals surface area contributed by atoms with E-state index in [4.69, 9.17) is 0 Å².